The second kappa shape index (κ2) is 7.61. The normalized spacial score (nSPS) is 12.9. The van der Waals surface area contributed by atoms with E-state index < -0.39 is 5.82 Å². The molecule has 2 rings (SSSR count). The van der Waals surface area contributed by atoms with Gasteiger partial charge in [0, 0.05) is 24.3 Å². The van der Waals surface area contributed by atoms with E-state index in [4.69, 9.17) is 14.0 Å². The lowest BCUT2D eigenvalue weighted by Gasteiger charge is -2.13. The Bertz CT molecular complexity index is 667. The van der Waals surface area contributed by atoms with Crippen LogP contribution in [0.1, 0.15) is 45.5 Å². The van der Waals surface area contributed by atoms with Gasteiger partial charge in [-0.3, -0.25) is 0 Å². The van der Waals surface area contributed by atoms with E-state index in [1.54, 1.807) is 19.2 Å². The van der Waals surface area contributed by atoms with E-state index in [1.165, 1.54) is 6.07 Å². The van der Waals surface area contributed by atoms with Crippen molar-refractivity contribution in [2.75, 3.05) is 25.6 Å². The molecule has 0 spiro atoms. The van der Waals surface area contributed by atoms with Gasteiger partial charge in [-0.2, -0.15) is 4.98 Å². The highest BCUT2D eigenvalue weighted by molar-refractivity contribution is 5.48. The average molecular weight is 337 g/mol. The molecule has 24 heavy (non-hydrogen) atoms. The van der Waals surface area contributed by atoms with Gasteiger partial charge in [-0.25, -0.2) is 4.39 Å². The Morgan fingerprint density at radius 1 is 1.29 bits per heavy atom. The first kappa shape index (κ1) is 18.2. The maximum absolute atomic E-state index is 14.0. The predicted octanol–water partition coefficient (Wildman–Crippen LogP) is 3.70. The topological polar surface area (TPSA) is 69.4 Å². The first-order valence-corrected chi connectivity index (χ1v) is 7.83. The summed E-state index contributed by atoms with van der Waals surface area (Å²) in [5, 5.41) is 7.13. The minimum atomic E-state index is -0.441. The van der Waals surface area contributed by atoms with Crippen molar-refractivity contribution < 1.29 is 18.4 Å². The fourth-order valence-corrected chi connectivity index (χ4v) is 1.97. The lowest BCUT2D eigenvalue weighted by molar-refractivity contribution is 0.144. The SMILES string of the molecule is COCCOc1ccc(NC(C)c2nc(C(C)(C)C)no2)cc1F. The standard InChI is InChI=1S/C17H24FN3O3/c1-11(15-20-16(21-24-15)17(2,3)4)19-12-6-7-14(13(18)10-12)23-9-8-22-5/h6-7,10-11,19H,8-9H2,1-5H3. The van der Waals surface area contributed by atoms with Crippen LogP contribution in [-0.2, 0) is 10.2 Å². The van der Waals surface area contributed by atoms with Gasteiger partial charge in [0.15, 0.2) is 17.4 Å². The zero-order valence-corrected chi connectivity index (χ0v) is 14.7. The molecule has 0 aliphatic carbocycles. The predicted molar refractivity (Wildman–Crippen MR) is 88.8 cm³/mol. The van der Waals surface area contributed by atoms with Crippen LogP contribution < -0.4 is 10.1 Å². The molecule has 1 aromatic heterocycles. The molecule has 1 N–H and O–H groups in total. The molecule has 1 heterocycles. The summed E-state index contributed by atoms with van der Waals surface area (Å²) in [4.78, 5) is 4.39. The highest BCUT2D eigenvalue weighted by Gasteiger charge is 2.23. The number of halogens is 1. The molecule has 0 fully saturated rings. The van der Waals surface area contributed by atoms with E-state index in [-0.39, 0.29) is 17.2 Å². The molecule has 0 aliphatic heterocycles. The third-order valence-corrected chi connectivity index (χ3v) is 3.34. The molecule has 0 aliphatic rings. The van der Waals surface area contributed by atoms with Gasteiger partial charge in [0.05, 0.1) is 6.61 Å². The molecule has 0 saturated heterocycles. The van der Waals surface area contributed by atoms with Gasteiger partial charge in [0.25, 0.3) is 0 Å². The Morgan fingerprint density at radius 3 is 2.62 bits per heavy atom. The lowest BCUT2D eigenvalue weighted by atomic mass is 9.96. The van der Waals surface area contributed by atoms with E-state index in [2.05, 4.69) is 15.5 Å². The van der Waals surface area contributed by atoms with Gasteiger partial charge in [-0.15, -0.1) is 0 Å². The average Bonchev–Trinajstić information content (AvgIpc) is 3.00. The van der Waals surface area contributed by atoms with E-state index in [1.807, 2.05) is 27.7 Å². The molecule has 1 aromatic carbocycles. The van der Waals surface area contributed by atoms with Crippen molar-refractivity contribution in [2.24, 2.45) is 0 Å². The van der Waals surface area contributed by atoms with Crippen LogP contribution in [0.2, 0.25) is 0 Å². The molecule has 132 valence electrons. The summed E-state index contributed by atoms with van der Waals surface area (Å²) in [6.45, 7) is 8.62. The van der Waals surface area contributed by atoms with Gasteiger partial charge in [0.1, 0.15) is 12.6 Å². The van der Waals surface area contributed by atoms with Crippen molar-refractivity contribution in [3.63, 3.8) is 0 Å². The molecule has 0 bridgehead atoms. The van der Waals surface area contributed by atoms with Crippen LogP contribution in [0.4, 0.5) is 10.1 Å². The Hall–Kier alpha value is -2.15. The van der Waals surface area contributed by atoms with Gasteiger partial charge >= 0.3 is 0 Å². The number of aromatic nitrogens is 2. The van der Waals surface area contributed by atoms with Crippen LogP contribution in [0.3, 0.4) is 0 Å². The second-order valence-electron chi connectivity index (χ2n) is 6.56. The highest BCUT2D eigenvalue weighted by atomic mass is 19.1. The van der Waals surface area contributed by atoms with E-state index in [9.17, 15) is 4.39 Å². The first-order valence-electron chi connectivity index (χ1n) is 7.83. The lowest BCUT2D eigenvalue weighted by Crippen LogP contribution is -2.14. The molecule has 0 amide bonds. The number of hydrogen-bond donors (Lipinski definition) is 1. The summed E-state index contributed by atoms with van der Waals surface area (Å²) < 4.78 is 29.5. The Labute approximate surface area is 141 Å². The summed E-state index contributed by atoms with van der Waals surface area (Å²) in [5.74, 6) is 0.849. The smallest absolute Gasteiger partial charge is 0.248 e. The van der Waals surface area contributed by atoms with E-state index >= 15 is 0 Å². The van der Waals surface area contributed by atoms with Crippen LogP contribution in [0.5, 0.6) is 5.75 Å². The van der Waals surface area contributed by atoms with Crippen LogP contribution in [0.15, 0.2) is 22.7 Å². The van der Waals surface area contributed by atoms with E-state index in [0.717, 1.165) is 0 Å². The zero-order valence-electron chi connectivity index (χ0n) is 14.7. The summed E-state index contributed by atoms with van der Waals surface area (Å²) in [7, 11) is 1.57. The van der Waals surface area contributed by atoms with Crippen LogP contribution in [-0.4, -0.2) is 30.5 Å². The Kier molecular flexibility index (Phi) is 5.77. The van der Waals surface area contributed by atoms with Crippen LogP contribution in [0, 0.1) is 5.82 Å². The minimum absolute atomic E-state index is 0.186. The summed E-state index contributed by atoms with van der Waals surface area (Å²) in [5.41, 5.74) is 0.420. The molecular weight excluding hydrogens is 313 g/mol. The Balaban J connectivity index is 2.02. The van der Waals surface area contributed by atoms with Crippen molar-refractivity contribution in [3.05, 3.63) is 35.7 Å². The molecule has 1 unspecified atom stereocenters. The summed E-state index contributed by atoms with van der Waals surface area (Å²) in [6, 6.07) is 4.45. The van der Waals surface area contributed by atoms with Crippen molar-refractivity contribution in [1.29, 1.82) is 0 Å². The highest BCUT2D eigenvalue weighted by Crippen LogP contribution is 2.25. The zero-order chi connectivity index (χ0) is 17.7. The number of nitrogens with one attached hydrogen (secondary N) is 1. The number of nitrogens with zero attached hydrogens (tertiary/aromatic N) is 2. The van der Waals surface area contributed by atoms with Gasteiger partial charge in [-0.05, 0) is 19.1 Å². The molecule has 1 atom stereocenters. The molecule has 0 radical (unpaired) electrons. The van der Waals surface area contributed by atoms with Crippen molar-refractivity contribution >= 4 is 5.69 Å². The summed E-state index contributed by atoms with van der Waals surface area (Å²) >= 11 is 0. The van der Waals surface area contributed by atoms with Crippen LogP contribution in [0.25, 0.3) is 0 Å². The fourth-order valence-electron chi connectivity index (χ4n) is 1.97. The van der Waals surface area contributed by atoms with E-state index in [0.29, 0.717) is 30.6 Å². The number of anilines is 1. The third kappa shape index (κ3) is 4.67. The quantitative estimate of drug-likeness (QED) is 0.777. The van der Waals surface area contributed by atoms with Gasteiger partial charge < -0.3 is 19.3 Å². The molecule has 2 aromatic rings. The van der Waals surface area contributed by atoms with Crippen molar-refractivity contribution in [1.82, 2.24) is 10.1 Å². The fraction of sp³-hybridized carbons (Fsp3) is 0.529. The maximum Gasteiger partial charge on any atom is 0.248 e. The second-order valence-corrected chi connectivity index (χ2v) is 6.56. The monoisotopic (exact) mass is 337 g/mol. The number of methoxy groups -OCH3 is 1. The molecule has 6 nitrogen and oxygen atoms in total. The molecule has 7 heteroatoms. The van der Waals surface area contributed by atoms with Gasteiger partial charge in [-0.1, -0.05) is 25.9 Å². The molecule has 0 saturated carbocycles. The Morgan fingerprint density at radius 2 is 2.04 bits per heavy atom. The minimum Gasteiger partial charge on any atom is -0.488 e. The number of benzene rings is 1. The third-order valence-electron chi connectivity index (χ3n) is 3.34. The van der Waals surface area contributed by atoms with Gasteiger partial charge in [0.2, 0.25) is 5.89 Å². The number of rotatable bonds is 7. The van der Waals surface area contributed by atoms with Crippen LogP contribution >= 0.6 is 0 Å². The number of hydrogen-bond acceptors (Lipinski definition) is 6. The van der Waals surface area contributed by atoms with Crippen molar-refractivity contribution in [2.45, 2.75) is 39.2 Å². The number of ether oxygens (including phenoxy) is 2. The largest absolute Gasteiger partial charge is 0.488 e. The molecular formula is C17H24FN3O3. The van der Waals surface area contributed by atoms with Crippen molar-refractivity contribution in [3.8, 4) is 5.75 Å². The first-order chi connectivity index (χ1) is 11.3. The maximum atomic E-state index is 14.0. The summed E-state index contributed by atoms with van der Waals surface area (Å²) in [6.07, 6.45) is 0.